The Morgan fingerprint density at radius 1 is 1.30 bits per heavy atom. The minimum absolute atomic E-state index is 0.0254. The van der Waals surface area contributed by atoms with Crippen molar-refractivity contribution in [1.82, 2.24) is 4.90 Å². The van der Waals surface area contributed by atoms with E-state index in [0.717, 1.165) is 31.4 Å². The van der Waals surface area contributed by atoms with Gasteiger partial charge in [-0.05, 0) is 18.4 Å². The third kappa shape index (κ3) is 5.29. The fourth-order valence-corrected chi connectivity index (χ4v) is 2.32. The van der Waals surface area contributed by atoms with Crippen molar-refractivity contribution < 1.29 is 4.79 Å². The number of benzene rings is 1. The summed E-state index contributed by atoms with van der Waals surface area (Å²) in [6, 6.07) is 9.87. The lowest BCUT2D eigenvalue weighted by Gasteiger charge is -2.23. The second-order valence-electron chi connectivity index (χ2n) is 5.11. The van der Waals surface area contributed by atoms with Crippen LogP contribution in [0.1, 0.15) is 31.7 Å². The zero-order chi connectivity index (χ0) is 15.0. The van der Waals surface area contributed by atoms with Gasteiger partial charge in [-0.25, -0.2) is 0 Å². The average Bonchev–Trinajstić information content (AvgIpc) is 2.45. The monoisotopic (exact) mass is 292 g/mol. The van der Waals surface area contributed by atoms with Crippen molar-refractivity contribution in [2.45, 2.75) is 32.6 Å². The molecule has 20 heavy (non-hydrogen) atoms. The first-order valence-electron chi connectivity index (χ1n) is 7.14. The molecule has 0 aliphatic carbocycles. The van der Waals surface area contributed by atoms with E-state index in [1.807, 2.05) is 37.4 Å². The van der Waals surface area contributed by atoms with Crippen LogP contribution in [0.3, 0.4) is 0 Å². The molecule has 0 spiro atoms. The first-order valence-corrected chi connectivity index (χ1v) is 7.55. The maximum absolute atomic E-state index is 12.4. The molecular formula is C16H24N2OS. The number of unbranched alkanes of at least 4 members (excludes halogenated alkanes) is 2. The van der Waals surface area contributed by atoms with Gasteiger partial charge in [0, 0.05) is 13.6 Å². The second kappa shape index (κ2) is 8.69. The van der Waals surface area contributed by atoms with Gasteiger partial charge in [0.1, 0.15) is 0 Å². The highest BCUT2D eigenvalue weighted by molar-refractivity contribution is 7.80. The van der Waals surface area contributed by atoms with Crippen LogP contribution in [0.5, 0.6) is 0 Å². The first kappa shape index (κ1) is 16.6. The number of rotatable bonds is 8. The van der Waals surface area contributed by atoms with E-state index in [-0.39, 0.29) is 10.9 Å². The molecule has 1 aromatic carbocycles. The standard InChI is InChI=1S/C16H24N2OS/c1-3-4-8-11-18(2)16(19)14(15(17)20)12-13-9-6-5-7-10-13/h5-7,9-10,14H,3-4,8,11-12H2,1-2H3,(H2,17,20). The molecule has 0 radical (unpaired) electrons. The van der Waals surface area contributed by atoms with Gasteiger partial charge in [-0.1, -0.05) is 62.3 Å². The molecule has 0 bridgehead atoms. The lowest BCUT2D eigenvalue weighted by atomic mass is 9.98. The summed E-state index contributed by atoms with van der Waals surface area (Å²) in [4.78, 5) is 14.5. The first-order chi connectivity index (χ1) is 9.56. The summed E-state index contributed by atoms with van der Waals surface area (Å²) in [7, 11) is 1.83. The number of nitrogens with two attached hydrogens (primary N) is 1. The number of hydrogen-bond donors (Lipinski definition) is 1. The summed E-state index contributed by atoms with van der Waals surface area (Å²) >= 11 is 5.08. The topological polar surface area (TPSA) is 46.3 Å². The lowest BCUT2D eigenvalue weighted by molar-refractivity contribution is -0.132. The van der Waals surface area contributed by atoms with Gasteiger partial charge in [0.25, 0.3) is 0 Å². The molecule has 0 aliphatic rings. The van der Waals surface area contributed by atoms with Gasteiger partial charge in [0.15, 0.2) is 0 Å². The van der Waals surface area contributed by atoms with Gasteiger partial charge < -0.3 is 10.6 Å². The van der Waals surface area contributed by atoms with Crippen molar-refractivity contribution in [1.29, 1.82) is 0 Å². The van der Waals surface area contributed by atoms with Gasteiger partial charge >= 0.3 is 0 Å². The molecule has 110 valence electrons. The van der Waals surface area contributed by atoms with E-state index in [2.05, 4.69) is 6.92 Å². The molecule has 1 rings (SSSR count). The zero-order valence-electron chi connectivity index (χ0n) is 12.3. The Morgan fingerprint density at radius 2 is 1.95 bits per heavy atom. The molecule has 0 aliphatic heterocycles. The number of thiocarbonyl (C=S) groups is 1. The van der Waals surface area contributed by atoms with Crippen LogP contribution in [0, 0.1) is 5.92 Å². The predicted octanol–water partition coefficient (Wildman–Crippen LogP) is 2.78. The van der Waals surface area contributed by atoms with Crippen molar-refractivity contribution in [2.75, 3.05) is 13.6 Å². The van der Waals surface area contributed by atoms with Crippen LogP contribution in [0.2, 0.25) is 0 Å². The molecule has 0 heterocycles. The normalized spacial score (nSPS) is 11.9. The van der Waals surface area contributed by atoms with Crippen LogP contribution in [-0.4, -0.2) is 29.4 Å². The minimum Gasteiger partial charge on any atom is -0.393 e. The van der Waals surface area contributed by atoms with E-state index in [4.69, 9.17) is 18.0 Å². The number of carbonyl (C=O) groups is 1. The second-order valence-corrected chi connectivity index (χ2v) is 5.58. The Kier molecular flexibility index (Phi) is 7.23. The minimum atomic E-state index is -0.404. The van der Waals surface area contributed by atoms with Gasteiger partial charge in [-0.2, -0.15) is 0 Å². The smallest absolute Gasteiger partial charge is 0.232 e. The largest absolute Gasteiger partial charge is 0.393 e. The average molecular weight is 292 g/mol. The van der Waals surface area contributed by atoms with Gasteiger partial charge in [0.2, 0.25) is 5.91 Å². The summed E-state index contributed by atoms with van der Waals surface area (Å²) in [6.45, 7) is 2.91. The third-order valence-electron chi connectivity index (χ3n) is 3.40. The van der Waals surface area contributed by atoms with Crippen LogP contribution in [0.4, 0.5) is 0 Å². The maximum Gasteiger partial charge on any atom is 0.232 e. The van der Waals surface area contributed by atoms with E-state index in [0.29, 0.717) is 6.42 Å². The number of carbonyl (C=O) groups excluding carboxylic acids is 1. The van der Waals surface area contributed by atoms with Crippen LogP contribution in [0.25, 0.3) is 0 Å². The van der Waals surface area contributed by atoms with Crippen molar-refractivity contribution in [2.24, 2.45) is 11.7 Å². The fraction of sp³-hybridized carbons (Fsp3) is 0.500. The zero-order valence-corrected chi connectivity index (χ0v) is 13.2. The highest BCUT2D eigenvalue weighted by Crippen LogP contribution is 2.12. The molecular weight excluding hydrogens is 268 g/mol. The molecule has 3 nitrogen and oxygen atoms in total. The van der Waals surface area contributed by atoms with E-state index >= 15 is 0 Å². The summed E-state index contributed by atoms with van der Waals surface area (Å²) in [5.41, 5.74) is 6.85. The number of amides is 1. The Hall–Kier alpha value is -1.42. The molecule has 2 N–H and O–H groups in total. The number of hydrogen-bond acceptors (Lipinski definition) is 2. The van der Waals surface area contributed by atoms with Crippen molar-refractivity contribution in [3.8, 4) is 0 Å². The highest BCUT2D eigenvalue weighted by Gasteiger charge is 2.24. The molecule has 0 fully saturated rings. The van der Waals surface area contributed by atoms with Crippen LogP contribution >= 0.6 is 12.2 Å². The molecule has 1 aromatic rings. The number of nitrogens with zero attached hydrogens (tertiary/aromatic N) is 1. The van der Waals surface area contributed by atoms with Crippen molar-refractivity contribution >= 4 is 23.1 Å². The highest BCUT2D eigenvalue weighted by atomic mass is 32.1. The summed E-state index contributed by atoms with van der Waals surface area (Å²) in [5, 5.41) is 0. The third-order valence-corrected chi connectivity index (χ3v) is 3.68. The Balaban J connectivity index is 2.65. The van der Waals surface area contributed by atoms with Gasteiger partial charge in [-0.3, -0.25) is 4.79 Å². The SMILES string of the molecule is CCCCCN(C)C(=O)C(Cc1ccccc1)C(N)=S. The van der Waals surface area contributed by atoms with E-state index in [1.165, 1.54) is 0 Å². The van der Waals surface area contributed by atoms with E-state index in [1.54, 1.807) is 4.90 Å². The van der Waals surface area contributed by atoms with Gasteiger partial charge in [-0.15, -0.1) is 0 Å². The Bertz CT molecular complexity index is 433. The molecule has 0 aromatic heterocycles. The van der Waals surface area contributed by atoms with Crippen molar-refractivity contribution in [3.05, 3.63) is 35.9 Å². The lowest BCUT2D eigenvalue weighted by Crippen LogP contribution is -2.40. The van der Waals surface area contributed by atoms with Crippen LogP contribution in [-0.2, 0) is 11.2 Å². The molecule has 1 atom stereocenters. The maximum atomic E-state index is 12.4. The Labute approximate surface area is 127 Å². The summed E-state index contributed by atoms with van der Waals surface area (Å²) in [5.74, 6) is -0.378. The van der Waals surface area contributed by atoms with Gasteiger partial charge in [0.05, 0.1) is 10.9 Å². The molecule has 1 amide bonds. The molecule has 1 unspecified atom stereocenters. The van der Waals surface area contributed by atoms with Crippen LogP contribution < -0.4 is 5.73 Å². The summed E-state index contributed by atoms with van der Waals surface area (Å²) in [6.07, 6.45) is 3.88. The summed E-state index contributed by atoms with van der Waals surface area (Å²) < 4.78 is 0. The van der Waals surface area contributed by atoms with E-state index < -0.39 is 5.92 Å². The molecule has 0 saturated heterocycles. The predicted molar refractivity (Wildman–Crippen MR) is 87.6 cm³/mol. The quantitative estimate of drug-likeness (QED) is 0.592. The Morgan fingerprint density at radius 3 is 2.50 bits per heavy atom. The van der Waals surface area contributed by atoms with Crippen LogP contribution in [0.15, 0.2) is 30.3 Å². The molecule has 4 heteroatoms. The molecule has 0 saturated carbocycles. The van der Waals surface area contributed by atoms with Crippen molar-refractivity contribution in [3.63, 3.8) is 0 Å². The van der Waals surface area contributed by atoms with E-state index in [9.17, 15) is 4.79 Å². The fourth-order valence-electron chi connectivity index (χ4n) is 2.13.